The summed E-state index contributed by atoms with van der Waals surface area (Å²) in [4.78, 5) is 11.5. The molecule has 1 rings (SSSR count). The van der Waals surface area contributed by atoms with Gasteiger partial charge in [0.2, 0.25) is 0 Å². The smallest absolute Gasteiger partial charge is 0.318 e. The van der Waals surface area contributed by atoms with Gasteiger partial charge in [0, 0.05) is 5.75 Å². The molecule has 0 spiro atoms. The molecule has 2 nitrogen and oxygen atoms in total. The Morgan fingerprint density at radius 2 is 1.88 bits per heavy atom. The zero-order valence-electron chi connectivity index (χ0n) is 10.9. The second-order valence-corrected chi connectivity index (χ2v) is 5.53. The largest absolute Gasteiger partial charge is 0.465 e. The molecule has 0 amide bonds. The van der Waals surface area contributed by atoms with E-state index in [1.165, 1.54) is 16.7 Å². The average molecular weight is 252 g/mol. The van der Waals surface area contributed by atoms with E-state index in [4.69, 9.17) is 4.74 Å². The van der Waals surface area contributed by atoms with Crippen LogP contribution in [0.1, 0.15) is 30.5 Å². The monoisotopic (exact) mass is 252 g/mol. The molecule has 17 heavy (non-hydrogen) atoms. The van der Waals surface area contributed by atoms with Gasteiger partial charge in [-0.25, -0.2) is 0 Å². The van der Waals surface area contributed by atoms with Crippen molar-refractivity contribution in [3.05, 3.63) is 34.9 Å². The van der Waals surface area contributed by atoms with Gasteiger partial charge in [0.25, 0.3) is 0 Å². The number of hydrogen-bond donors (Lipinski definition) is 0. The summed E-state index contributed by atoms with van der Waals surface area (Å²) in [5.74, 6) is 0.726. The summed E-state index contributed by atoms with van der Waals surface area (Å²) in [6.45, 7) is 8.36. The fourth-order valence-corrected chi connectivity index (χ4v) is 2.51. The Labute approximate surface area is 108 Å². The third-order valence-electron chi connectivity index (χ3n) is 2.40. The first-order chi connectivity index (χ1) is 8.02. The SMILES string of the molecule is CCOC(=O)C(C)SCc1cc(C)cc(C)c1. The molecule has 3 heteroatoms. The summed E-state index contributed by atoms with van der Waals surface area (Å²) < 4.78 is 4.98. The van der Waals surface area contributed by atoms with Crippen LogP contribution in [0, 0.1) is 13.8 Å². The Hall–Kier alpha value is -0.960. The van der Waals surface area contributed by atoms with Gasteiger partial charge < -0.3 is 4.74 Å². The van der Waals surface area contributed by atoms with Crippen molar-refractivity contribution in [3.63, 3.8) is 0 Å². The van der Waals surface area contributed by atoms with E-state index in [9.17, 15) is 4.79 Å². The van der Waals surface area contributed by atoms with Gasteiger partial charge in [-0.1, -0.05) is 29.3 Å². The van der Waals surface area contributed by atoms with Crippen molar-refractivity contribution in [3.8, 4) is 0 Å². The first-order valence-corrected chi connectivity index (χ1v) is 6.93. The highest BCUT2D eigenvalue weighted by molar-refractivity contribution is 7.99. The van der Waals surface area contributed by atoms with Crippen LogP contribution in [0.4, 0.5) is 0 Å². The fraction of sp³-hybridized carbons (Fsp3) is 0.500. The highest BCUT2D eigenvalue weighted by Crippen LogP contribution is 2.20. The van der Waals surface area contributed by atoms with Gasteiger partial charge in [0.1, 0.15) is 0 Å². The van der Waals surface area contributed by atoms with Crippen LogP contribution in [0.2, 0.25) is 0 Å². The number of carbonyl (C=O) groups excluding carboxylic acids is 1. The number of benzene rings is 1. The standard InChI is InChI=1S/C14H20O2S/c1-5-16-14(15)12(4)17-9-13-7-10(2)6-11(3)8-13/h6-8,12H,5,9H2,1-4H3. The molecule has 1 unspecified atom stereocenters. The normalized spacial score (nSPS) is 12.2. The molecule has 0 aliphatic carbocycles. The Balaban J connectivity index is 2.52. The van der Waals surface area contributed by atoms with Gasteiger partial charge in [0.15, 0.2) is 0 Å². The van der Waals surface area contributed by atoms with Crippen molar-refractivity contribution in [2.24, 2.45) is 0 Å². The second kappa shape index (κ2) is 6.70. The molecule has 0 aliphatic rings. The topological polar surface area (TPSA) is 26.3 Å². The van der Waals surface area contributed by atoms with Crippen LogP contribution in [0.5, 0.6) is 0 Å². The number of thioether (sulfide) groups is 1. The number of esters is 1. The van der Waals surface area contributed by atoms with Crippen molar-refractivity contribution in [2.45, 2.75) is 38.7 Å². The van der Waals surface area contributed by atoms with Crippen molar-refractivity contribution in [2.75, 3.05) is 6.61 Å². The highest BCUT2D eigenvalue weighted by Gasteiger charge is 2.14. The molecule has 0 bridgehead atoms. The molecule has 0 radical (unpaired) electrons. The summed E-state index contributed by atoms with van der Waals surface area (Å²) in [5, 5.41) is -0.101. The Morgan fingerprint density at radius 1 is 1.29 bits per heavy atom. The van der Waals surface area contributed by atoms with Crippen molar-refractivity contribution >= 4 is 17.7 Å². The van der Waals surface area contributed by atoms with Crippen LogP contribution < -0.4 is 0 Å². The fourth-order valence-electron chi connectivity index (χ4n) is 1.70. The van der Waals surface area contributed by atoms with E-state index in [2.05, 4.69) is 32.0 Å². The van der Waals surface area contributed by atoms with Crippen LogP contribution >= 0.6 is 11.8 Å². The van der Waals surface area contributed by atoms with E-state index in [0.29, 0.717) is 6.61 Å². The van der Waals surface area contributed by atoms with E-state index in [1.54, 1.807) is 11.8 Å². The third kappa shape index (κ3) is 4.82. The lowest BCUT2D eigenvalue weighted by Gasteiger charge is -2.10. The molecule has 0 N–H and O–H groups in total. The summed E-state index contributed by atoms with van der Waals surface area (Å²) in [5.41, 5.74) is 3.80. The van der Waals surface area contributed by atoms with Gasteiger partial charge >= 0.3 is 5.97 Å². The first kappa shape index (κ1) is 14.1. The molecule has 1 aromatic carbocycles. The Morgan fingerprint density at radius 3 is 2.41 bits per heavy atom. The summed E-state index contributed by atoms with van der Waals surface area (Å²) >= 11 is 1.62. The lowest BCUT2D eigenvalue weighted by molar-refractivity contribution is -0.142. The minimum atomic E-state index is -0.123. The maximum absolute atomic E-state index is 11.5. The molecule has 0 saturated heterocycles. The van der Waals surface area contributed by atoms with Crippen molar-refractivity contribution in [1.29, 1.82) is 0 Å². The number of ether oxygens (including phenoxy) is 1. The van der Waals surface area contributed by atoms with Gasteiger partial charge in [0.05, 0.1) is 11.9 Å². The number of aryl methyl sites for hydroxylation is 2. The summed E-state index contributed by atoms with van der Waals surface area (Å²) in [7, 11) is 0. The van der Waals surface area contributed by atoms with E-state index < -0.39 is 0 Å². The van der Waals surface area contributed by atoms with Crippen molar-refractivity contribution in [1.82, 2.24) is 0 Å². The molecule has 0 saturated carbocycles. The van der Waals surface area contributed by atoms with Gasteiger partial charge in [-0.2, -0.15) is 0 Å². The molecule has 1 atom stereocenters. The van der Waals surface area contributed by atoms with E-state index >= 15 is 0 Å². The average Bonchev–Trinajstić information content (AvgIpc) is 2.25. The van der Waals surface area contributed by atoms with Crippen LogP contribution in [-0.2, 0) is 15.3 Å². The second-order valence-electron chi connectivity index (χ2n) is 4.20. The predicted molar refractivity (Wildman–Crippen MR) is 73.3 cm³/mol. The van der Waals surface area contributed by atoms with Crippen LogP contribution in [0.15, 0.2) is 18.2 Å². The lowest BCUT2D eigenvalue weighted by atomic mass is 10.1. The maximum atomic E-state index is 11.5. The summed E-state index contributed by atoms with van der Waals surface area (Å²) in [6, 6.07) is 6.48. The molecule has 94 valence electrons. The van der Waals surface area contributed by atoms with Gasteiger partial charge in [-0.3, -0.25) is 4.79 Å². The number of rotatable bonds is 5. The molecule has 0 fully saturated rings. The van der Waals surface area contributed by atoms with Crippen LogP contribution in [-0.4, -0.2) is 17.8 Å². The first-order valence-electron chi connectivity index (χ1n) is 5.88. The number of hydrogen-bond acceptors (Lipinski definition) is 3. The van der Waals surface area contributed by atoms with E-state index in [1.807, 2.05) is 13.8 Å². The van der Waals surface area contributed by atoms with Crippen LogP contribution in [0.3, 0.4) is 0 Å². The minimum absolute atomic E-state index is 0.101. The zero-order chi connectivity index (χ0) is 12.8. The van der Waals surface area contributed by atoms with Crippen molar-refractivity contribution < 1.29 is 9.53 Å². The molecular weight excluding hydrogens is 232 g/mol. The quantitative estimate of drug-likeness (QED) is 0.750. The van der Waals surface area contributed by atoms with Gasteiger partial charge in [-0.15, -0.1) is 11.8 Å². The van der Waals surface area contributed by atoms with E-state index in [0.717, 1.165) is 5.75 Å². The predicted octanol–water partition coefficient (Wildman–Crippen LogP) is 3.49. The van der Waals surface area contributed by atoms with E-state index in [-0.39, 0.29) is 11.2 Å². The molecule has 1 aromatic rings. The Bertz CT molecular complexity index is 368. The minimum Gasteiger partial charge on any atom is -0.465 e. The molecule has 0 heterocycles. The maximum Gasteiger partial charge on any atom is 0.318 e. The summed E-state index contributed by atoms with van der Waals surface area (Å²) in [6.07, 6.45) is 0. The molecule has 0 aromatic heterocycles. The number of carbonyl (C=O) groups is 1. The molecule has 0 aliphatic heterocycles. The molecular formula is C14H20O2S. The Kier molecular flexibility index (Phi) is 5.56. The van der Waals surface area contributed by atoms with Gasteiger partial charge in [-0.05, 0) is 33.3 Å². The highest BCUT2D eigenvalue weighted by atomic mass is 32.2. The zero-order valence-corrected chi connectivity index (χ0v) is 11.8. The van der Waals surface area contributed by atoms with Crippen LogP contribution in [0.25, 0.3) is 0 Å². The lowest BCUT2D eigenvalue weighted by Crippen LogP contribution is -2.16. The third-order valence-corrected chi connectivity index (χ3v) is 3.59.